The molecule has 0 aliphatic carbocycles. The van der Waals surface area contributed by atoms with E-state index in [9.17, 15) is 0 Å². The van der Waals surface area contributed by atoms with Gasteiger partial charge in [0.05, 0.1) is 6.61 Å². The fourth-order valence-electron chi connectivity index (χ4n) is 1.21. The molecule has 0 amide bonds. The largest absolute Gasteiger partial charge is 0.383 e. The van der Waals surface area contributed by atoms with E-state index in [0.717, 1.165) is 18.8 Å². The van der Waals surface area contributed by atoms with Crippen LogP contribution in [0.2, 0.25) is 4.34 Å². The van der Waals surface area contributed by atoms with Crippen LogP contribution in [0.25, 0.3) is 0 Å². The fraction of sp³-hybridized carbons (Fsp3) is 0.778. The van der Waals surface area contributed by atoms with Gasteiger partial charge in [0.25, 0.3) is 0 Å². The van der Waals surface area contributed by atoms with Crippen LogP contribution in [0, 0.1) is 0 Å². The maximum absolute atomic E-state index is 5.96. The molecule has 0 radical (unpaired) electrons. The van der Waals surface area contributed by atoms with Crippen LogP contribution in [0.4, 0.5) is 0 Å². The van der Waals surface area contributed by atoms with E-state index in [-0.39, 0.29) is 0 Å². The summed E-state index contributed by atoms with van der Waals surface area (Å²) in [5.74, 6) is 0. The van der Waals surface area contributed by atoms with E-state index in [1.807, 2.05) is 0 Å². The van der Waals surface area contributed by atoms with Crippen LogP contribution >= 0.6 is 23.1 Å². The third-order valence-corrected chi connectivity index (χ3v) is 3.16. The molecule has 0 N–H and O–H groups in total. The van der Waals surface area contributed by atoms with Crippen molar-refractivity contribution in [2.24, 2.45) is 0 Å². The highest BCUT2D eigenvalue weighted by Gasteiger charge is 2.14. The third-order valence-electron chi connectivity index (χ3n) is 2.18. The average Bonchev–Trinajstić information content (AvgIpc) is 2.58. The second-order valence-corrected chi connectivity index (χ2v) is 4.91. The van der Waals surface area contributed by atoms with Gasteiger partial charge < -0.3 is 4.74 Å². The highest BCUT2D eigenvalue weighted by atomic mass is 35.5. The van der Waals surface area contributed by atoms with Crippen LogP contribution in [0.5, 0.6) is 0 Å². The van der Waals surface area contributed by atoms with E-state index >= 15 is 0 Å². The fourth-order valence-corrected chi connectivity index (χ4v) is 1.82. The predicted molar refractivity (Wildman–Crippen MR) is 62.3 cm³/mol. The van der Waals surface area contributed by atoms with Crippen LogP contribution < -0.4 is 0 Å². The summed E-state index contributed by atoms with van der Waals surface area (Å²) in [7, 11) is 1.70. The predicted octanol–water partition coefficient (Wildman–Crippen LogP) is 2.05. The van der Waals surface area contributed by atoms with E-state index in [1.165, 1.54) is 11.5 Å². The normalized spacial score (nSPS) is 11.6. The molecule has 0 aromatic carbocycles. The van der Waals surface area contributed by atoms with Crippen LogP contribution in [0.15, 0.2) is 0 Å². The van der Waals surface area contributed by atoms with E-state index in [0.29, 0.717) is 17.0 Å². The summed E-state index contributed by atoms with van der Waals surface area (Å²) >= 11 is 7.19. The van der Waals surface area contributed by atoms with E-state index in [1.54, 1.807) is 7.11 Å². The van der Waals surface area contributed by atoms with Crippen molar-refractivity contribution < 1.29 is 4.74 Å². The van der Waals surface area contributed by atoms with Gasteiger partial charge in [0.15, 0.2) is 0 Å². The maximum atomic E-state index is 5.96. The molecule has 1 rings (SSSR count). The average molecular weight is 250 g/mol. The summed E-state index contributed by atoms with van der Waals surface area (Å²) in [4.78, 5) is 2.26. The molecule has 4 nitrogen and oxygen atoms in total. The minimum atomic E-state index is 0.443. The highest BCUT2D eigenvalue weighted by molar-refractivity contribution is 7.10. The summed E-state index contributed by atoms with van der Waals surface area (Å²) in [5.41, 5.74) is 0.853. The van der Waals surface area contributed by atoms with Gasteiger partial charge in [0, 0.05) is 37.8 Å². The molecule has 0 atom stereocenters. The number of nitrogens with zero attached hydrogens (tertiary/aromatic N) is 3. The third kappa shape index (κ3) is 4.03. The quantitative estimate of drug-likeness (QED) is 0.774. The minimum Gasteiger partial charge on any atom is -0.383 e. The maximum Gasteiger partial charge on any atom is 0.138 e. The Bertz CT molecular complexity index is 293. The minimum absolute atomic E-state index is 0.443. The van der Waals surface area contributed by atoms with Gasteiger partial charge >= 0.3 is 0 Å². The molecular weight excluding hydrogens is 234 g/mol. The molecule has 1 aromatic heterocycles. The smallest absolute Gasteiger partial charge is 0.138 e. The van der Waals surface area contributed by atoms with Crippen LogP contribution in [-0.4, -0.2) is 40.8 Å². The van der Waals surface area contributed by atoms with Gasteiger partial charge in [0.1, 0.15) is 10.0 Å². The molecule has 1 aromatic rings. The lowest BCUT2D eigenvalue weighted by Gasteiger charge is -2.24. The number of rotatable bonds is 6. The number of hydrogen-bond acceptors (Lipinski definition) is 5. The molecule has 0 saturated heterocycles. The first kappa shape index (κ1) is 12.8. The first-order valence-electron chi connectivity index (χ1n) is 4.85. The van der Waals surface area contributed by atoms with Gasteiger partial charge in [-0.05, 0) is 13.8 Å². The lowest BCUT2D eigenvalue weighted by atomic mass is 10.3. The van der Waals surface area contributed by atoms with Crippen molar-refractivity contribution in [3.63, 3.8) is 0 Å². The van der Waals surface area contributed by atoms with E-state index in [2.05, 4.69) is 28.3 Å². The molecule has 0 saturated carbocycles. The summed E-state index contributed by atoms with van der Waals surface area (Å²) in [6, 6.07) is 0.443. The molecule has 1 heterocycles. The summed E-state index contributed by atoms with van der Waals surface area (Å²) in [6.45, 7) is 6.61. The number of methoxy groups -OCH3 is 1. The number of ether oxygens (including phenoxy) is 1. The van der Waals surface area contributed by atoms with E-state index < -0.39 is 0 Å². The molecule has 15 heavy (non-hydrogen) atoms. The Balaban J connectivity index is 2.54. The molecule has 0 aliphatic rings. The molecule has 86 valence electrons. The SMILES string of the molecule is COCCN(Cc1nnsc1Cl)C(C)C. The molecule has 0 bridgehead atoms. The van der Waals surface area contributed by atoms with Gasteiger partial charge in [-0.25, -0.2) is 0 Å². The summed E-state index contributed by atoms with van der Waals surface area (Å²) < 4.78 is 9.56. The summed E-state index contributed by atoms with van der Waals surface area (Å²) in [5, 5.41) is 4.00. The van der Waals surface area contributed by atoms with Crippen molar-refractivity contribution >= 4 is 23.1 Å². The molecule has 0 fully saturated rings. The van der Waals surface area contributed by atoms with Crippen LogP contribution in [-0.2, 0) is 11.3 Å². The number of halogens is 1. The van der Waals surface area contributed by atoms with Gasteiger partial charge in [-0.15, -0.1) is 5.10 Å². The zero-order chi connectivity index (χ0) is 11.3. The lowest BCUT2D eigenvalue weighted by Crippen LogP contribution is -2.33. The van der Waals surface area contributed by atoms with Gasteiger partial charge in [-0.1, -0.05) is 16.1 Å². The Morgan fingerprint density at radius 2 is 2.27 bits per heavy atom. The Labute approximate surface area is 99.4 Å². The van der Waals surface area contributed by atoms with Crippen LogP contribution in [0.1, 0.15) is 19.5 Å². The van der Waals surface area contributed by atoms with Gasteiger partial charge in [-0.2, -0.15) is 0 Å². The second-order valence-electron chi connectivity index (χ2n) is 3.55. The second kappa shape index (κ2) is 6.37. The zero-order valence-electron chi connectivity index (χ0n) is 9.23. The molecule has 6 heteroatoms. The van der Waals surface area contributed by atoms with Crippen molar-refractivity contribution in [3.8, 4) is 0 Å². The first-order chi connectivity index (χ1) is 7.15. The van der Waals surface area contributed by atoms with Gasteiger partial charge in [0.2, 0.25) is 0 Å². The van der Waals surface area contributed by atoms with Crippen molar-refractivity contribution in [1.82, 2.24) is 14.5 Å². The van der Waals surface area contributed by atoms with Crippen LogP contribution in [0.3, 0.4) is 0 Å². The first-order valence-corrected chi connectivity index (χ1v) is 6.00. The van der Waals surface area contributed by atoms with E-state index in [4.69, 9.17) is 16.3 Å². The highest BCUT2D eigenvalue weighted by Crippen LogP contribution is 2.19. The summed E-state index contributed by atoms with van der Waals surface area (Å²) in [6.07, 6.45) is 0. The monoisotopic (exact) mass is 249 g/mol. The van der Waals surface area contributed by atoms with Crippen molar-refractivity contribution in [1.29, 1.82) is 0 Å². The topological polar surface area (TPSA) is 38.2 Å². The number of aromatic nitrogens is 2. The standard InChI is InChI=1S/C9H16ClN3OS/c1-7(2)13(4-5-14-3)6-8-9(10)15-12-11-8/h7H,4-6H2,1-3H3. The zero-order valence-corrected chi connectivity index (χ0v) is 10.8. The Morgan fingerprint density at radius 3 is 2.73 bits per heavy atom. The molecule has 0 aliphatic heterocycles. The molecule has 0 unspecified atom stereocenters. The lowest BCUT2D eigenvalue weighted by molar-refractivity contribution is 0.124. The Kier molecular flexibility index (Phi) is 5.45. The molecule has 0 spiro atoms. The van der Waals surface area contributed by atoms with Crippen molar-refractivity contribution in [2.75, 3.05) is 20.3 Å². The van der Waals surface area contributed by atoms with Crippen molar-refractivity contribution in [2.45, 2.75) is 26.4 Å². The number of hydrogen-bond donors (Lipinski definition) is 0. The van der Waals surface area contributed by atoms with Gasteiger partial charge in [-0.3, -0.25) is 4.90 Å². The Hall–Kier alpha value is -0.230. The molecular formula is C9H16ClN3OS. The Morgan fingerprint density at radius 1 is 1.53 bits per heavy atom. The van der Waals surface area contributed by atoms with Crippen molar-refractivity contribution in [3.05, 3.63) is 10.0 Å².